The molecule has 1 N–H and O–H groups in total. The van der Waals surface area contributed by atoms with Gasteiger partial charge in [0.05, 0.1) is 14.2 Å². The van der Waals surface area contributed by atoms with E-state index in [1.165, 1.54) is 7.05 Å². The molecular formula is C26H33N3O5. The molecule has 1 aromatic heterocycles. The molecule has 0 saturated heterocycles. The number of oxazole rings is 1. The molecule has 8 heteroatoms. The molecule has 182 valence electrons. The van der Waals surface area contributed by atoms with Crippen LogP contribution in [0.1, 0.15) is 38.5 Å². The first kappa shape index (κ1) is 25.1. The van der Waals surface area contributed by atoms with Crippen molar-refractivity contribution in [3.8, 4) is 34.1 Å². The van der Waals surface area contributed by atoms with E-state index in [0.29, 0.717) is 36.2 Å². The first-order valence-corrected chi connectivity index (χ1v) is 11.4. The maximum Gasteiger partial charge on any atom is 0.343 e. The Bertz CT molecular complexity index is 996. The number of amides is 2. The fourth-order valence-corrected chi connectivity index (χ4v) is 3.68. The minimum absolute atomic E-state index is 0.0415. The second-order valence-electron chi connectivity index (χ2n) is 8.17. The number of aromatic nitrogens is 1. The molecule has 0 bridgehead atoms. The number of hydrogen-bond acceptors (Lipinski definition) is 6. The van der Waals surface area contributed by atoms with Crippen LogP contribution in [0.2, 0.25) is 0 Å². The maximum absolute atomic E-state index is 12.3. The second-order valence-corrected chi connectivity index (χ2v) is 8.17. The highest BCUT2D eigenvalue weighted by Gasteiger charge is 2.23. The second kappa shape index (κ2) is 11.6. The number of carbonyl (C=O) groups is 1. The third-order valence-electron chi connectivity index (χ3n) is 5.65. The Hall–Kier alpha value is -3.52. The van der Waals surface area contributed by atoms with Crippen LogP contribution in [0.25, 0.3) is 22.6 Å². The number of ether oxygens (including phenoxy) is 2. The van der Waals surface area contributed by atoms with Crippen LogP contribution in [0.15, 0.2) is 52.9 Å². The summed E-state index contributed by atoms with van der Waals surface area (Å²) in [6, 6.07) is 14.9. The van der Waals surface area contributed by atoms with Crippen LogP contribution in [-0.4, -0.2) is 60.5 Å². The standard InChI is InChI=1S/C26H33N3O5/c1-6-16-29(26(30)28(3)31)17-15-18(2)25-27-23(19-7-11-21(32-4)12-8-19)24(34-25)20-9-13-22(33-5)14-10-20/h7-14,18,31H,6,15-17H2,1-5H3. The van der Waals surface area contributed by atoms with Crippen molar-refractivity contribution in [2.24, 2.45) is 0 Å². The molecule has 3 aromatic rings. The molecule has 0 saturated carbocycles. The molecule has 0 aliphatic heterocycles. The Morgan fingerprint density at radius 2 is 1.56 bits per heavy atom. The first-order chi connectivity index (χ1) is 16.4. The van der Waals surface area contributed by atoms with E-state index in [1.807, 2.05) is 62.4 Å². The molecule has 8 nitrogen and oxygen atoms in total. The van der Waals surface area contributed by atoms with E-state index in [9.17, 15) is 10.0 Å². The Morgan fingerprint density at radius 3 is 2.06 bits per heavy atom. The number of hydroxylamine groups is 2. The van der Waals surface area contributed by atoms with Gasteiger partial charge in [0.25, 0.3) is 0 Å². The van der Waals surface area contributed by atoms with Gasteiger partial charge in [-0.05, 0) is 61.4 Å². The third kappa shape index (κ3) is 5.88. The van der Waals surface area contributed by atoms with Crippen molar-refractivity contribution in [3.63, 3.8) is 0 Å². The normalized spacial score (nSPS) is 11.7. The monoisotopic (exact) mass is 467 g/mol. The maximum atomic E-state index is 12.3. The van der Waals surface area contributed by atoms with Crippen LogP contribution < -0.4 is 9.47 Å². The number of carbonyl (C=O) groups excluding carboxylic acids is 1. The molecule has 1 unspecified atom stereocenters. The summed E-state index contributed by atoms with van der Waals surface area (Å²) in [5.41, 5.74) is 2.55. The number of methoxy groups -OCH3 is 2. The molecule has 0 aliphatic rings. The number of urea groups is 1. The predicted octanol–water partition coefficient (Wildman–Crippen LogP) is 5.67. The van der Waals surface area contributed by atoms with E-state index in [1.54, 1.807) is 19.1 Å². The summed E-state index contributed by atoms with van der Waals surface area (Å²) in [5, 5.41) is 10.2. The fraction of sp³-hybridized carbons (Fsp3) is 0.385. The lowest BCUT2D eigenvalue weighted by Gasteiger charge is -2.25. The Balaban J connectivity index is 1.91. The summed E-state index contributed by atoms with van der Waals surface area (Å²) in [7, 11) is 4.60. The highest BCUT2D eigenvalue weighted by molar-refractivity contribution is 5.77. The minimum Gasteiger partial charge on any atom is -0.497 e. The van der Waals surface area contributed by atoms with E-state index in [4.69, 9.17) is 18.9 Å². The van der Waals surface area contributed by atoms with Gasteiger partial charge in [0.1, 0.15) is 17.2 Å². The van der Waals surface area contributed by atoms with Crippen molar-refractivity contribution in [2.75, 3.05) is 34.4 Å². The minimum atomic E-state index is -0.417. The average Bonchev–Trinajstić information content (AvgIpc) is 3.31. The summed E-state index contributed by atoms with van der Waals surface area (Å²) in [6.45, 7) is 5.07. The lowest BCUT2D eigenvalue weighted by atomic mass is 10.1. The zero-order chi connectivity index (χ0) is 24.7. The smallest absolute Gasteiger partial charge is 0.343 e. The molecule has 2 amide bonds. The van der Waals surface area contributed by atoms with E-state index in [-0.39, 0.29) is 5.92 Å². The number of benzene rings is 2. The molecule has 0 spiro atoms. The molecule has 0 radical (unpaired) electrons. The van der Waals surface area contributed by atoms with Gasteiger partial charge >= 0.3 is 6.03 Å². The molecule has 1 heterocycles. The van der Waals surface area contributed by atoms with E-state index in [0.717, 1.165) is 34.7 Å². The van der Waals surface area contributed by atoms with Crippen molar-refractivity contribution < 1.29 is 23.9 Å². The van der Waals surface area contributed by atoms with Gasteiger partial charge in [-0.2, -0.15) is 0 Å². The molecule has 1 atom stereocenters. The number of nitrogens with zero attached hydrogens (tertiary/aromatic N) is 3. The third-order valence-corrected chi connectivity index (χ3v) is 5.65. The van der Waals surface area contributed by atoms with Crippen molar-refractivity contribution >= 4 is 6.03 Å². The largest absolute Gasteiger partial charge is 0.497 e. The number of rotatable bonds is 10. The molecule has 34 heavy (non-hydrogen) atoms. The van der Waals surface area contributed by atoms with Crippen LogP contribution in [0.3, 0.4) is 0 Å². The van der Waals surface area contributed by atoms with E-state index < -0.39 is 6.03 Å². The highest BCUT2D eigenvalue weighted by atomic mass is 16.5. The molecule has 0 fully saturated rings. The van der Waals surface area contributed by atoms with Crippen LogP contribution in [-0.2, 0) is 0 Å². The molecule has 3 rings (SSSR count). The van der Waals surface area contributed by atoms with Crippen LogP contribution in [0, 0.1) is 0 Å². The lowest BCUT2D eigenvalue weighted by Crippen LogP contribution is -2.40. The highest BCUT2D eigenvalue weighted by Crippen LogP contribution is 2.36. The lowest BCUT2D eigenvalue weighted by molar-refractivity contribution is -0.0338. The van der Waals surface area contributed by atoms with Gasteiger partial charge in [0.15, 0.2) is 11.7 Å². The Morgan fingerprint density at radius 1 is 1.00 bits per heavy atom. The molecular weight excluding hydrogens is 434 g/mol. The first-order valence-electron chi connectivity index (χ1n) is 11.4. The van der Waals surface area contributed by atoms with Gasteiger partial charge in [-0.3, -0.25) is 5.21 Å². The summed E-state index contributed by atoms with van der Waals surface area (Å²) >= 11 is 0. The molecule has 0 aliphatic carbocycles. The van der Waals surface area contributed by atoms with Crippen molar-refractivity contribution in [2.45, 2.75) is 32.6 Å². The van der Waals surface area contributed by atoms with Gasteiger partial charge in [0.2, 0.25) is 0 Å². The zero-order valence-corrected chi connectivity index (χ0v) is 20.4. The van der Waals surface area contributed by atoms with Crippen molar-refractivity contribution in [1.82, 2.24) is 14.9 Å². The SMILES string of the molecule is CCCN(CCC(C)c1nc(-c2ccc(OC)cc2)c(-c2ccc(OC)cc2)o1)C(=O)N(C)O. The van der Waals surface area contributed by atoms with Gasteiger partial charge in [-0.1, -0.05) is 13.8 Å². The summed E-state index contributed by atoms with van der Waals surface area (Å²) in [6.07, 6.45) is 1.44. The van der Waals surface area contributed by atoms with Crippen LogP contribution >= 0.6 is 0 Å². The predicted molar refractivity (Wildman–Crippen MR) is 130 cm³/mol. The zero-order valence-electron chi connectivity index (χ0n) is 20.4. The Kier molecular flexibility index (Phi) is 8.54. The topological polar surface area (TPSA) is 88.3 Å². The quantitative estimate of drug-likeness (QED) is 0.305. The van der Waals surface area contributed by atoms with Gasteiger partial charge < -0.3 is 18.8 Å². The Labute approximate surface area is 200 Å². The average molecular weight is 468 g/mol. The fourth-order valence-electron chi connectivity index (χ4n) is 3.68. The van der Waals surface area contributed by atoms with E-state index in [2.05, 4.69) is 0 Å². The summed E-state index contributed by atoms with van der Waals surface area (Å²) in [4.78, 5) is 18.7. The van der Waals surface area contributed by atoms with Crippen molar-refractivity contribution in [1.29, 1.82) is 0 Å². The summed E-state index contributed by atoms with van der Waals surface area (Å²) < 4.78 is 16.9. The number of hydrogen-bond donors (Lipinski definition) is 1. The van der Waals surface area contributed by atoms with Gasteiger partial charge in [0, 0.05) is 37.2 Å². The van der Waals surface area contributed by atoms with Gasteiger partial charge in [-0.15, -0.1) is 0 Å². The van der Waals surface area contributed by atoms with Crippen molar-refractivity contribution in [3.05, 3.63) is 54.4 Å². The molecule has 2 aromatic carbocycles. The summed E-state index contributed by atoms with van der Waals surface area (Å²) in [5.74, 6) is 2.75. The van der Waals surface area contributed by atoms with Crippen LogP contribution in [0.4, 0.5) is 4.79 Å². The van der Waals surface area contributed by atoms with Gasteiger partial charge in [-0.25, -0.2) is 14.8 Å². The van der Waals surface area contributed by atoms with E-state index >= 15 is 0 Å². The van der Waals surface area contributed by atoms with Crippen LogP contribution in [0.5, 0.6) is 11.5 Å².